The molecule has 0 saturated heterocycles. The summed E-state index contributed by atoms with van der Waals surface area (Å²) in [6, 6.07) is 1.79. The van der Waals surface area contributed by atoms with Gasteiger partial charge < -0.3 is 25.4 Å². The van der Waals surface area contributed by atoms with Crippen LogP contribution in [0, 0.1) is 0 Å². The van der Waals surface area contributed by atoms with Crippen molar-refractivity contribution in [3.8, 4) is 11.5 Å². The summed E-state index contributed by atoms with van der Waals surface area (Å²) in [7, 11) is 3.19. The molecule has 0 fully saturated rings. The van der Waals surface area contributed by atoms with Gasteiger partial charge in [0.1, 0.15) is 0 Å². The van der Waals surface area contributed by atoms with Gasteiger partial charge in [-0.15, -0.1) is 0 Å². The number of hydrogen-bond acceptors (Lipinski definition) is 6. The lowest BCUT2D eigenvalue weighted by molar-refractivity contribution is 0.0548. The Morgan fingerprint density at radius 2 is 2.10 bits per heavy atom. The Labute approximate surface area is 118 Å². The van der Waals surface area contributed by atoms with Crippen LogP contribution in [0.4, 0.5) is 5.69 Å². The van der Waals surface area contributed by atoms with Gasteiger partial charge in [0.25, 0.3) is 0 Å². The molecule has 112 valence electrons. The van der Waals surface area contributed by atoms with E-state index in [0.717, 1.165) is 24.1 Å². The van der Waals surface area contributed by atoms with Crippen molar-refractivity contribution in [2.24, 2.45) is 0 Å². The highest BCUT2D eigenvalue weighted by Crippen LogP contribution is 2.39. The van der Waals surface area contributed by atoms with Crippen LogP contribution in [0.15, 0.2) is 6.07 Å². The van der Waals surface area contributed by atoms with Crippen molar-refractivity contribution < 1.29 is 19.7 Å². The molecular weight excluding hydrogens is 260 g/mol. The number of fused-ring (bicyclic) bond motifs is 1. The van der Waals surface area contributed by atoms with E-state index < -0.39 is 6.10 Å². The molecule has 1 atom stereocenters. The average molecular weight is 282 g/mol. The molecule has 1 aromatic carbocycles. The number of nitrogen functional groups attached to an aromatic ring is 1. The van der Waals surface area contributed by atoms with E-state index in [1.807, 2.05) is 0 Å². The SMILES string of the molecule is COc1cc(N)c2c(c1OC)CN(CC(O)CO)CC2. The molecule has 0 spiro atoms. The normalized spacial score (nSPS) is 16.6. The molecule has 1 heterocycles. The Morgan fingerprint density at radius 1 is 1.35 bits per heavy atom. The summed E-state index contributed by atoms with van der Waals surface area (Å²) in [6.45, 7) is 1.61. The van der Waals surface area contributed by atoms with Gasteiger partial charge in [0.15, 0.2) is 11.5 Å². The number of hydrogen-bond donors (Lipinski definition) is 3. The molecule has 1 unspecified atom stereocenters. The summed E-state index contributed by atoms with van der Waals surface area (Å²) in [6.07, 6.45) is 0.0603. The molecule has 0 saturated carbocycles. The Hall–Kier alpha value is -1.50. The number of aliphatic hydroxyl groups is 2. The predicted molar refractivity (Wildman–Crippen MR) is 76.0 cm³/mol. The van der Waals surface area contributed by atoms with E-state index in [9.17, 15) is 5.11 Å². The maximum Gasteiger partial charge on any atom is 0.165 e. The highest BCUT2D eigenvalue weighted by molar-refractivity contribution is 5.64. The molecule has 0 amide bonds. The topological polar surface area (TPSA) is 88.2 Å². The number of ether oxygens (including phenoxy) is 2. The molecular formula is C14H22N2O4. The van der Waals surface area contributed by atoms with Crippen LogP contribution < -0.4 is 15.2 Å². The number of β-amino-alcohol motifs (C(OH)–C–C–N with tert-alkyl or cyclic N) is 1. The van der Waals surface area contributed by atoms with Gasteiger partial charge in [-0.3, -0.25) is 4.90 Å². The monoisotopic (exact) mass is 282 g/mol. The lowest BCUT2D eigenvalue weighted by Gasteiger charge is -2.32. The van der Waals surface area contributed by atoms with Crippen molar-refractivity contribution in [2.45, 2.75) is 19.1 Å². The van der Waals surface area contributed by atoms with Gasteiger partial charge in [-0.1, -0.05) is 0 Å². The van der Waals surface area contributed by atoms with E-state index in [4.69, 9.17) is 20.3 Å². The molecule has 6 nitrogen and oxygen atoms in total. The molecule has 1 aliphatic heterocycles. The zero-order valence-electron chi connectivity index (χ0n) is 11.9. The van der Waals surface area contributed by atoms with E-state index >= 15 is 0 Å². The fraction of sp³-hybridized carbons (Fsp3) is 0.571. The molecule has 2 rings (SSSR count). The smallest absolute Gasteiger partial charge is 0.165 e. The number of nitrogens with two attached hydrogens (primary N) is 1. The van der Waals surface area contributed by atoms with E-state index in [0.29, 0.717) is 30.3 Å². The number of aliphatic hydroxyl groups excluding tert-OH is 2. The summed E-state index contributed by atoms with van der Waals surface area (Å²) in [5.41, 5.74) is 8.86. The first-order valence-electron chi connectivity index (χ1n) is 6.64. The summed E-state index contributed by atoms with van der Waals surface area (Å²) in [4.78, 5) is 2.07. The molecule has 6 heteroatoms. The third-order valence-electron chi connectivity index (χ3n) is 3.66. The fourth-order valence-corrected chi connectivity index (χ4v) is 2.68. The molecule has 0 aromatic heterocycles. The third kappa shape index (κ3) is 2.82. The van der Waals surface area contributed by atoms with Gasteiger partial charge in [0, 0.05) is 37.0 Å². The molecule has 4 N–H and O–H groups in total. The van der Waals surface area contributed by atoms with Crippen molar-refractivity contribution in [1.82, 2.24) is 4.90 Å². The van der Waals surface area contributed by atoms with E-state index in [1.54, 1.807) is 20.3 Å². The largest absolute Gasteiger partial charge is 0.493 e. The van der Waals surface area contributed by atoms with Crippen LogP contribution in [-0.4, -0.2) is 55.1 Å². The minimum atomic E-state index is -0.731. The van der Waals surface area contributed by atoms with Gasteiger partial charge in [0.2, 0.25) is 0 Å². The number of rotatable bonds is 5. The molecule has 0 bridgehead atoms. The first kappa shape index (κ1) is 14.9. The number of benzene rings is 1. The molecule has 1 aliphatic rings. The lowest BCUT2D eigenvalue weighted by atomic mass is 9.96. The fourth-order valence-electron chi connectivity index (χ4n) is 2.68. The van der Waals surface area contributed by atoms with Gasteiger partial charge in [0.05, 0.1) is 26.9 Å². The molecule has 0 aliphatic carbocycles. The van der Waals surface area contributed by atoms with Crippen LogP contribution in [0.25, 0.3) is 0 Å². The standard InChI is InChI=1S/C14H22N2O4/c1-19-13-5-12(15)10-3-4-16(6-9(18)8-17)7-11(10)14(13)20-2/h5,9,17-18H,3-4,6-8,15H2,1-2H3. The number of methoxy groups -OCH3 is 2. The van der Waals surface area contributed by atoms with E-state index in [-0.39, 0.29) is 6.61 Å². The van der Waals surface area contributed by atoms with Crippen LogP contribution in [-0.2, 0) is 13.0 Å². The first-order chi connectivity index (χ1) is 9.60. The maximum absolute atomic E-state index is 9.57. The molecule has 0 radical (unpaired) electrons. The second-order valence-electron chi connectivity index (χ2n) is 4.98. The summed E-state index contributed by atoms with van der Waals surface area (Å²) >= 11 is 0. The highest BCUT2D eigenvalue weighted by Gasteiger charge is 2.25. The molecule has 1 aromatic rings. The highest BCUT2D eigenvalue weighted by atomic mass is 16.5. The first-order valence-corrected chi connectivity index (χ1v) is 6.64. The lowest BCUT2D eigenvalue weighted by Crippen LogP contribution is -2.38. The van der Waals surface area contributed by atoms with E-state index in [2.05, 4.69) is 4.90 Å². The van der Waals surface area contributed by atoms with Crippen LogP contribution in [0.2, 0.25) is 0 Å². The van der Waals surface area contributed by atoms with Crippen molar-refractivity contribution in [1.29, 1.82) is 0 Å². The Kier molecular flexibility index (Phi) is 4.69. The second-order valence-corrected chi connectivity index (χ2v) is 4.98. The second kappa shape index (κ2) is 6.30. The maximum atomic E-state index is 9.57. The minimum Gasteiger partial charge on any atom is -0.493 e. The van der Waals surface area contributed by atoms with Crippen LogP contribution in [0.1, 0.15) is 11.1 Å². The zero-order valence-corrected chi connectivity index (χ0v) is 11.9. The van der Waals surface area contributed by atoms with Gasteiger partial charge in [-0.25, -0.2) is 0 Å². The minimum absolute atomic E-state index is 0.235. The van der Waals surface area contributed by atoms with Gasteiger partial charge >= 0.3 is 0 Å². The Morgan fingerprint density at radius 3 is 2.70 bits per heavy atom. The van der Waals surface area contributed by atoms with Crippen LogP contribution >= 0.6 is 0 Å². The third-order valence-corrected chi connectivity index (χ3v) is 3.66. The quantitative estimate of drug-likeness (QED) is 0.659. The van der Waals surface area contributed by atoms with Crippen molar-refractivity contribution in [3.05, 3.63) is 17.2 Å². The average Bonchev–Trinajstić information content (AvgIpc) is 2.46. The number of anilines is 1. The van der Waals surface area contributed by atoms with E-state index in [1.165, 1.54) is 0 Å². The Balaban J connectivity index is 2.31. The van der Waals surface area contributed by atoms with Crippen LogP contribution in [0.5, 0.6) is 11.5 Å². The van der Waals surface area contributed by atoms with Gasteiger partial charge in [-0.2, -0.15) is 0 Å². The van der Waals surface area contributed by atoms with Crippen LogP contribution in [0.3, 0.4) is 0 Å². The number of nitrogens with zero attached hydrogens (tertiary/aromatic N) is 1. The molecule has 20 heavy (non-hydrogen) atoms. The zero-order chi connectivity index (χ0) is 14.7. The summed E-state index contributed by atoms with van der Waals surface area (Å²) in [5, 5.41) is 18.5. The van der Waals surface area contributed by atoms with Gasteiger partial charge in [-0.05, 0) is 12.0 Å². The van der Waals surface area contributed by atoms with Crippen molar-refractivity contribution in [2.75, 3.05) is 39.6 Å². The summed E-state index contributed by atoms with van der Waals surface area (Å²) < 4.78 is 10.8. The predicted octanol–water partition coefficient (Wildman–Crippen LogP) is -0.00270. The van der Waals surface area contributed by atoms with Crippen molar-refractivity contribution >= 4 is 5.69 Å². The Bertz CT molecular complexity index is 479. The van der Waals surface area contributed by atoms with Crippen molar-refractivity contribution in [3.63, 3.8) is 0 Å². The summed E-state index contributed by atoms with van der Waals surface area (Å²) in [5.74, 6) is 1.31.